The van der Waals surface area contributed by atoms with Gasteiger partial charge >= 0.3 is 0 Å². The third kappa shape index (κ3) is 3.51. The van der Waals surface area contributed by atoms with Gasteiger partial charge in [-0.25, -0.2) is 23.7 Å². The van der Waals surface area contributed by atoms with Crippen LogP contribution in [0, 0.1) is 23.0 Å². The normalized spacial score (nSPS) is 22.1. The third-order valence-electron chi connectivity index (χ3n) is 5.05. The Morgan fingerprint density at radius 1 is 1.36 bits per heavy atom. The Kier molecular flexibility index (Phi) is 4.65. The molecule has 2 atom stereocenters. The summed E-state index contributed by atoms with van der Waals surface area (Å²) in [6.07, 6.45) is 6.13. The third-order valence-corrected chi connectivity index (χ3v) is 5.05. The lowest BCUT2D eigenvalue weighted by Gasteiger charge is -2.35. The number of fused-ring (bicyclic) bond motifs is 1. The topological polar surface area (TPSA) is 111 Å². The summed E-state index contributed by atoms with van der Waals surface area (Å²) in [4.78, 5) is 15.2. The van der Waals surface area contributed by atoms with Crippen molar-refractivity contribution in [3.05, 3.63) is 36.3 Å². The summed E-state index contributed by atoms with van der Waals surface area (Å²) in [5, 5.41) is 22.9. The Morgan fingerprint density at radius 2 is 2.21 bits per heavy atom. The molecule has 3 aromatic rings. The first-order valence-corrected chi connectivity index (χ1v) is 8.99. The van der Waals surface area contributed by atoms with Crippen molar-refractivity contribution in [3.8, 4) is 17.5 Å². The van der Waals surface area contributed by atoms with Crippen molar-refractivity contribution in [1.29, 1.82) is 5.26 Å². The number of hydrogen-bond donors (Lipinski definition) is 3. The molecule has 1 aliphatic carbocycles. The van der Waals surface area contributed by atoms with Crippen LogP contribution >= 0.6 is 0 Å². The van der Waals surface area contributed by atoms with Crippen LogP contribution in [0.15, 0.2) is 24.7 Å². The van der Waals surface area contributed by atoms with Gasteiger partial charge in [0, 0.05) is 23.2 Å². The van der Waals surface area contributed by atoms with Crippen LogP contribution < -0.4 is 5.32 Å². The molecule has 1 aliphatic rings. The van der Waals surface area contributed by atoms with E-state index in [0.717, 1.165) is 25.2 Å². The molecule has 4 rings (SSSR count). The lowest BCUT2D eigenvalue weighted by molar-refractivity contribution is 0.00444. The maximum absolute atomic E-state index is 14.3. The van der Waals surface area contributed by atoms with Gasteiger partial charge in [0.05, 0.1) is 30.5 Å². The van der Waals surface area contributed by atoms with Gasteiger partial charge in [0.15, 0.2) is 17.5 Å². The first kappa shape index (κ1) is 18.3. The molecule has 7 nitrogen and oxygen atoms in total. The van der Waals surface area contributed by atoms with Crippen LogP contribution in [0.1, 0.15) is 32.1 Å². The molecule has 1 fully saturated rings. The van der Waals surface area contributed by atoms with E-state index in [-0.39, 0.29) is 24.1 Å². The number of H-pyrrole nitrogens is 1. The molecule has 0 saturated heterocycles. The second-order valence-electron chi connectivity index (χ2n) is 7.14. The predicted molar refractivity (Wildman–Crippen MR) is 98.1 cm³/mol. The zero-order valence-corrected chi connectivity index (χ0v) is 14.9. The Morgan fingerprint density at radius 3 is 3.04 bits per heavy atom. The number of pyridine rings is 1. The van der Waals surface area contributed by atoms with Crippen LogP contribution in [0.2, 0.25) is 0 Å². The number of aromatic nitrogens is 4. The minimum atomic E-state index is -1.07. The highest BCUT2D eigenvalue weighted by Gasteiger charge is 2.34. The van der Waals surface area contributed by atoms with Crippen molar-refractivity contribution in [2.45, 2.75) is 43.7 Å². The monoisotopic (exact) mass is 384 g/mol. The van der Waals surface area contributed by atoms with Gasteiger partial charge in [0.25, 0.3) is 0 Å². The van der Waals surface area contributed by atoms with E-state index in [1.165, 1.54) is 6.07 Å². The first-order valence-electron chi connectivity index (χ1n) is 8.99. The number of nitrogens with zero attached hydrogens (tertiary/aromatic N) is 4. The van der Waals surface area contributed by atoms with E-state index in [9.17, 15) is 13.9 Å². The minimum Gasteiger partial charge on any atom is -0.389 e. The second-order valence-corrected chi connectivity index (χ2v) is 7.14. The smallest absolute Gasteiger partial charge is 0.183 e. The van der Waals surface area contributed by atoms with Gasteiger partial charge in [-0.2, -0.15) is 5.26 Å². The molecule has 3 heterocycles. The van der Waals surface area contributed by atoms with E-state index < -0.39 is 17.2 Å². The fraction of sp³-hybridized carbons (Fsp3) is 0.368. The standard InChI is InChI=1S/C19H18F2N6O/c20-11-6-13-14(9-24-16(13)23-8-11)17-25-10-15(21)18(27-17)26-12-2-1-3-19(28,7-12)4-5-22/h6,8-10,12,28H,1-4,7H2,(H,23,24)(H,25,26,27)/t12?,19-/m1/s1. The van der Waals surface area contributed by atoms with Gasteiger partial charge in [-0.1, -0.05) is 0 Å². The molecule has 28 heavy (non-hydrogen) atoms. The van der Waals surface area contributed by atoms with Crippen molar-refractivity contribution in [1.82, 2.24) is 19.9 Å². The van der Waals surface area contributed by atoms with Crippen LogP contribution in [0.5, 0.6) is 0 Å². The molecular formula is C19H18F2N6O. The highest BCUT2D eigenvalue weighted by molar-refractivity contribution is 5.91. The van der Waals surface area contributed by atoms with Crippen molar-refractivity contribution >= 4 is 16.9 Å². The SMILES string of the molecule is N#CC[C@]1(O)CCCC(Nc2nc(-c3c[nH]c4ncc(F)cc34)ncc2F)C1. The lowest BCUT2D eigenvalue weighted by atomic mass is 9.80. The largest absolute Gasteiger partial charge is 0.389 e. The molecule has 144 valence electrons. The van der Waals surface area contributed by atoms with Crippen molar-refractivity contribution in [3.63, 3.8) is 0 Å². The number of aliphatic hydroxyl groups is 1. The van der Waals surface area contributed by atoms with Crippen molar-refractivity contribution in [2.75, 3.05) is 5.32 Å². The van der Waals surface area contributed by atoms with Gasteiger partial charge in [0.2, 0.25) is 0 Å². The van der Waals surface area contributed by atoms with Crippen LogP contribution in [-0.4, -0.2) is 36.7 Å². The fourth-order valence-electron chi connectivity index (χ4n) is 3.73. The number of nitriles is 1. The van der Waals surface area contributed by atoms with E-state index >= 15 is 0 Å². The van der Waals surface area contributed by atoms with Crippen LogP contribution in [-0.2, 0) is 0 Å². The molecule has 1 unspecified atom stereocenters. The molecular weight excluding hydrogens is 366 g/mol. The lowest BCUT2D eigenvalue weighted by Crippen LogP contribution is -2.40. The summed E-state index contributed by atoms with van der Waals surface area (Å²) in [6.45, 7) is 0. The van der Waals surface area contributed by atoms with Gasteiger partial charge in [-0.3, -0.25) is 0 Å². The summed E-state index contributed by atoms with van der Waals surface area (Å²) in [7, 11) is 0. The Hall–Kier alpha value is -3.12. The Bertz CT molecular complexity index is 1060. The average molecular weight is 384 g/mol. The van der Waals surface area contributed by atoms with Crippen LogP contribution in [0.25, 0.3) is 22.4 Å². The molecule has 0 aliphatic heterocycles. The van der Waals surface area contributed by atoms with Gasteiger partial charge in [0.1, 0.15) is 11.5 Å². The minimum absolute atomic E-state index is 0.00919. The number of hydrogen-bond acceptors (Lipinski definition) is 6. The van der Waals surface area contributed by atoms with Gasteiger partial charge < -0.3 is 15.4 Å². The molecule has 9 heteroatoms. The molecule has 0 spiro atoms. The average Bonchev–Trinajstić information content (AvgIpc) is 3.06. The molecule has 0 radical (unpaired) electrons. The van der Waals surface area contributed by atoms with Crippen LogP contribution in [0.4, 0.5) is 14.6 Å². The molecule has 1 saturated carbocycles. The zero-order valence-electron chi connectivity index (χ0n) is 14.9. The molecule has 0 bridgehead atoms. The quantitative estimate of drug-likeness (QED) is 0.637. The summed E-state index contributed by atoms with van der Waals surface area (Å²) < 4.78 is 27.9. The highest BCUT2D eigenvalue weighted by Crippen LogP contribution is 2.33. The molecule has 0 amide bonds. The van der Waals surface area contributed by atoms with Crippen molar-refractivity contribution in [2.24, 2.45) is 0 Å². The van der Waals surface area contributed by atoms with Crippen molar-refractivity contribution < 1.29 is 13.9 Å². The number of aromatic amines is 1. The summed E-state index contributed by atoms with van der Waals surface area (Å²) in [5.74, 6) is -0.879. The van der Waals surface area contributed by atoms with E-state index in [1.807, 2.05) is 6.07 Å². The van der Waals surface area contributed by atoms with Gasteiger partial charge in [-0.05, 0) is 31.7 Å². The molecule has 3 aromatic heterocycles. The summed E-state index contributed by atoms with van der Waals surface area (Å²) in [5.41, 5.74) is -0.0841. The zero-order chi connectivity index (χ0) is 19.7. The maximum atomic E-state index is 14.3. The summed E-state index contributed by atoms with van der Waals surface area (Å²) >= 11 is 0. The highest BCUT2D eigenvalue weighted by atomic mass is 19.1. The first-order chi connectivity index (χ1) is 13.5. The van der Waals surface area contributed by atoms with E-state index in [4.69, 9.17) is 5.26 Å². The Labute approximate surface area is 159 Å². The van der Waals surface area contributed by atoms with E-state index in [2.05, 4.69) is 25.3 Å². The second kappa shape index (κ2) is 7.13. The number of halogens is 2. The predicted octanol–water partition coefficient (Wildman–Crippen LogP) is 3.30. The number of anilines is 1. The van der Waals surface area contributed by atoms with E-state index in [0.29, 0.717) is 29.4 Å². The summed E-state index contributed by atoms with van der Waals surface area (Å²) in [6, 6.07) is 3.11. The number of nitrogens with one attached hydrogen (secondary N) is 2. The van der Waals surface area contributed by atoms with Gasteiger partial charge in [-0.15, -0.1) is 0 Å². The number of rotatable bonds is 4. The van der Waals surface area contributed by atoms with E-state index in [1.54, 1.807) is 6.20 Å². The van der Waals surface area contributed by atoms with Crippen LogP contribution in [0.3, 0.4) is 0 Å². The molecule has 0 aromatic carbocycles. The maximum Gasteiger partial charge on any atom is 0.183 e. The molecule has 3 N–H and O–H groups in total. The fourth-order valence-corrected chi connectivity index (χ4v) is 3.73. The Balaban J connectivity index is 1.62.